The minimum absolute atomic E-state index is 0.0658. The number of methoxy groups -OCH3 is 3. The average Bonchev–Trinajstić information content (AvgIpc) is 3.23. The highest BCUT2D eigenvalue weighted by atomic mass is 16.5. The molecule has 8 heteroatoms. The zero-order valence-corrected chi connectivity index (χ0v) is 19.8. The van der Waals surface area contributed by atoms with Crippen molar-refractivity contribution in [1.29, 1.82) is 0 Å². The van der Waals surface area contributed by atoms with Crippen LogP contribution in [0.25, 0.3) is 0 Å². The van der Waals surface area contributed by atoms with Crippen LogP contribution in [0.4, 0.5) is 5.69 Å². The molecule has 1 amide bonds. The molecule has 4 rings (SSSR count). The Morgan fingerprint density at radius 2 is 1.73 bits per heavy atom. The predicted octanol–water partition coefficient (Wildman–Crippen LogP) is 2.51. The van der Waals surface area contributed by atoms with Crippen molar-refractivity contribution in [2.45, 2.75) is 12.5 Å². The maximum atomic E-state index is 13.1. The van der Waals surface area contributed by atoms with Crippen LogP contribution in [0.1, 0.15) is 27.5 Å². The Kier molecular flexibility index (Phi) is 7.25. The third kappa shape index (κ3) is 4.86. The molecule has 8 nitrogen and oxygen atoms in total. The Hall–Kier alpha value is -2.97. The molecule has 1 unspecified atom stereocenters. The molecule has 1 saturated heterocycles. The van der Waals surface area contributed by atoms with E-state index in [1.807, 2.05) is 0 Å². The summed E-state index contributed by atoms with van der Waals surface area (Å²) in [4.78, 5) is 17.8. The standard InChI is InChI=1S/C25H33N3O5/c1-27-8-7-18-13-17(5-6-20(18)27)21(28-9-11-33-12-10-28)16-26-25(29)19-14-22(30-2)24(32-4)23(15-19)31-3/h5-6,13-15,21H,7-12,16H2,1-4H3,(H,26,29). The van der Waals surface area contributed by atoms with Gasteiger partial charge in [0.2, 0.25) is 5.75 Å². The second kappa shape index (κ2) is 10.3. The van der Waals surface area contributed by atoms with Gasteiger partial charge >= 0.3 is 0 Å². The van der Waals surface area contributed by atoms with Crippen LogP contribution >= 0.6 is 0 Å². The number of nitrogens with zero attached hydrogens (tertiary/aromatic N) is 2. The van der Waals surface area contributed by atoms with Gasteiger partial charge in [0.15, 0.2) is 11.5 Å². The van der Waals surface area contributed by atoms with Crippen LogP contribution in [0.15, 0.2) is 30.3 Å². The smallest absolute Gasteiger partial charge is 0.251 e. The summed E-state index contributed by atoms with van der Waals surface area (Å²) in [7, 11) is 6.75. The van der Waals surface area contributed by atoms with Crippen molar-refractivity contribution in [3.05, 3.63) is 47.0 Å². The van der Waals surface area contributed by atoms with E-state index >= 15 is 0 Å². The fraction of sp³-hybridized carbons (Fsp3) is 0.480. The molecule has 0 radical (unpaired) electrons. The lowest BCUT2D eigenvalue weighted by molar-refractivity contribution is 0.0162. The van der Waals surface area contributed by atoms with E-state index in [9.17, 15) is 4.79 Å². The van der Waals surface area contributed by atoms with E-state index < -0.39 is 0 Å². The highest BCUT2D eigenvalue weighted by Gasteiger charge is 2.26. The van der Waals surface area contributed by atoms with E-state index in [2.05, 4.69) is 40.4 Å². The maximum absolute atomic E-state index is 13.1. The van der Waals surface area contributed by atoms with Gasteiger partial charge in [-0.25, -0.2) is 0 Å². The Labute approximate surface area is 195 Å². The van der Waals surface area contributed by atoms with Crippen molar-refractivity contribution in [1.82, 2.24) is 10.2 Å². The third-order valence-corrected chi connectivity index (χ3v) is 6.49. The van der Waals surface area contributed by atoms with Crippen molar-refractivity contribution < 1.29 is 23.7 Å². The predicted molar refractivity (Wildman–Crippen MR) is 127 cm³/mol. The first kappa shape index (κ1) is 23.2. The number of hydrogen-bond donors (Lipinski definition) is 1. The fourth-order valence-electron chi connectivity index (χ4n) is 4.64. The molecule has 0 spiro atoms. The summed E-state index contributed by atoms with van der Waals surface area (Å²) in [5.74, 6) is 1.18. The lowest BCUT2D eigenvalue weighted by Gasteiger charge is -2.35. The van der Waals surface area contributed by atoms with Crippen LogP contribution in [0.5, 0.6) is 17.2 Å². The zero-order valence-electron chi connectivity index (χ0n) is 19.8. The van der Waals surface area contributed by atoms with Gasteiger partial charge in [0, 0.05) is 44.5 Å². The number of carbonyl (C=O) groups excluding carboxylic acids is 1. The lowest BCUT2D eigenvalue weighted by atomic mass is 10.00. The molecular weight excluding hydrogens is 422 g/mol. The number of fused-ring (bicyclic) bond motifs is 1. The molecule has 0 bridgehead atoms. The zero-order chi connectivity index (χ0) is 23.4. The normalized spacial score (nSPS) is 16.8. The van der Waals surface area contributed by atoms with Crippen molar-refractivity contribution in [3.8, 4) is 17.2 Å². The Morgan fingerprint density at radius 1 is 1.03 bits per heavy atom. The second-order valence-electron chi connectivity index (χ2n) is 8.35. The van der Waals surface area contributed by atoms with Crippen LogP contribution in [0, 0.1) is 0 Å². The Balaban J connectivity index is 1.56. The third-order valence-electron chi connectivity index (χ3n) is 6.49. The molecule has 2 aliphatic heterocycles. The first-order chi connectivity index (χ1) is 16.0. The number of anilines is 1. The summed E-state index contributed by atoms with van der Waals surface area (Å²) < 4.78 is 21.7. The molecule has 2 aromatic rings. The van der Waals surface area contributed by atoms with E-state index in [1.165, 1.54) is 16.8 Å². The van der Waals surface area contributed by atoms with Crippen LogP contribution < -0.4 is 24.4 Å². The van der Waals surface area contributed by atoms with E-state index in [0.29, 0.717) is 42.6 Å². The van der Waals surface area contributed by atoms with E-state index in [-0.39, 0.29) is 11.9 Å². The Bertz CT molecular complexity index is 965. The first-order valence-corrected chi connectivity index (χ1v) is 11.3. The van der Waals surface area contributed by atoms with E-state index in [0.717, 1.165) is 26.1 Å². The summed E-state index contributed by atoms with van der Waals surface area (Å²) in [6.45, 7) is 4.60. The Morgan fingerprint density at radius 3 is 2.36 bits per heavy atom. The largest absolute Gasteiger partial charge is 0.493 e. The second-order valence-corrected chi connectivity index (χ2v) is 8.35. The van der Waals surface area contributed by atoms with Gasteiger partial charge in [-0.05, 0) is 35.7 Å². The first-order valence-electron chi connectivity index (χ1n) is 11.3. The number of ether oxygens (including phenoxy) is 4. The van der Waals surface area contributed by atoms with Gasteiger partial charge in [-0.3, -0.25) is 9.69 Å². The molecule has 0 aliphatic carbocycles. The number of hydrogen-bond acceptors (Lipinski definition) is 7. The lowest BCUT2D eigenvalue weighted by Crippen LogP contribution is -2.43. The quantitative estimate of drug-likeness (QED) is 0.656. The van der Waals surface area contributed by atoms with Gasteiger partial charge in [-0.1, -0.05) is 12.1 Å². The van der Waals surface area contributed by atoms with Crippen LogP contribution in [-0.4, -0.2) is 78.6 Å². The summed E-state index contributed by atoms with van der Waals surface area (Å²) in [6, 6.07) is 10.1. The number of rotatable bonds is 8. The van der Waals surface area contributed by atoms with E-state index in [4.69, 9.17) is 18.9 Å². The van der Waals surface area contributed by atoms with Gasteiger partial charge in [0.1, 0.15) is 0 Å². The molecule has 1 N–H and O–H groups in total. The molecule has 2 heterocycles. The minimum Gasteiger partial charge on any atom is -0.493 e. The van der Waals surface area contributed by atoms with Gasteiger partial charge < -0.3 is 29.2 Å². The molecule has 0 saturated carbocycles. The molecule has 1 fully saturated rings. The summed E-state index contributed by atoms with van der Waals surface area (Å²) >= 11 is 0. The van der Waals surface area contributed by atoms with Gasteiger partial charge in [0.05, 0.1) is 40.6 Å². The van der Waals surface area contributed by atoms with Crippen molar-refractivity contribution in [3.63, 3.8) is 0 Å². The van der Waals surface area contributed by atoms with Crippen molar-refractivity contribution in [2.75, 3.05) is 72.7 Å². The van der Waals surface area contributed by atoms with Crippen LogP contribution in [0.2, 0.25) is 0 Å². The maximum Gasteiger partial charge on any atom is 0.251 e. The molecule has 2 aromatic carbocycles. The molecule has 1 atom stereocenters. The van der Waals surface area contributed by atoms with Crippen LogP contribution in [0.3, 0.4) is 0 Å². The average molecular weight is 456 g/mol. The molecule has 178 valence electrons. The number of benzene rings is 2. The van der Waals surface area contributed by atoms with Gasteiger partial charge in [-0.2, -0.15) is 0 Å². The summed E-state index contributed by atoms with van der Waals surface area (Å²) in [5.41, 5.74) is 4.34. The van der Waals surface area contributed by atoms with Crippen molar-refractivity contribution >= 4 is 11.6 Å². The van der Waals surface area contributed by atoms with Gasteiger partial charge in [0.25, 0.3) is 5.91 Å². The topological polar surface area (TPSA) is 72.5 Å². The molecule has 0 aromatic heterocycles. The fourth-order valence-corrected chi connectivity index (χ4v) is 4.64. The number of likely N-dealkylation sites (N-methyl/N-ethyl adjacent to an activating group) is 1. The summed E-state index contributed by atoms with van der Waals surface area (Å²) in [6.07, 6.45) is 1.05. The number of amides is 1. The highest BCUT2D eigenvalue weighted by Crippen LogP contribution is 2.38. The molecular formula is C25H33N3O5. The number of carbonyl (C=O) groups is 1. The van der Waals surface area contributed by atoms with Crippen LogP contribution in [-0.2, 0) is 11.2 Å². The van der Waals surface area contributed by atoms with E-state index in [1.54, 1.807) is 33.5 Å². The number of morpholine rings is 1. The molecule has 33 heavy (non-hydrogen) atoms. The van der Waals surface area contributed by atoms with Crippen molar-refractivity contribution in [2.24, 2.45) is 0 Å². The monoisotopic (exact) mass is 455 g/mol. The highest BCUT2D eigenvalue weighted by molar-refractivity contribution is 5.95. The molecule has 2 aliphatic rings. The number of nitrogens with one attached hydrogen (secondary N) is 1. The summed E-state index contributed by atoms with van der Waals surface area (Å²) in [5, 5.41) is 3.13. The van der Waals surface area contributed by atoms with Gasteiger partial charge in [-0.15, -0.1) is 0 Å². The minimum atomic E-state index is -0.187. The SMILES string of the molecule is COc1cc(C(=O)NCC(c2ccc3c(c2)CCN3C)N2CCOCC2)cc(OC)c1OC.